The molecular weight excluding hydrogens is 216 g/mol. The zero-order valence-electron chi connectivity index (χ0n) is 10.5. The molecule has 1 amide bonds. The van der Waals surface area contributed by atoms with Gasteiger partial charge in [0.15, 0.2) is 0 Å². The summed E-state index contributed by atoms with van der Waals surface area (Å²) in [5.41, 5.74) is 1.35. The third-order valence-corrected chi connectivity index (χ3v) is 2.61. The second-order valence-electron chi connectivity index (χ2n) is 4.18. The van der Waals surface area contributed by atoms with E-state index in [1.54, 1.807) is 18.0 Å². The smallest absolute Gasteiger partial charge is 0.272 e. The van der Waals surface area contributed by atoms with Crippen molar-refractivity contribution in [1.29, 1.82) is 0 Å². The van der Waals surface area contributed by atoms with Gasteiger partial charge >= 0.3 is 0 Å². The standard InChI is InChI=1S/C13H20N2O2/c1-11-7-6-8-12(14-11)13(17)15(2)9-4-3-5-10-16/h6-8,16H,3-5,9-10H2,1-2H3. The number of hydrogen-bond acceptors (Lipinski definition) is 3. The van der Waals surface area contributed by atoms with Gasteiger partial charge < -0.3 is 10.0 Å². The molecule has 0 fully saturated rings. The van der Waals surface area contributed by atoms with E-state index in [2.05, 4.69) is 4.98 Å². The first-order valence-corrected chi connectivity index (χ1v) is 5.95. The highest BCUT2D eigenvalue weighted by Gasteiger charge is 2.12. The summed E-state index contributed by atoms with van der Waals surface area (Å²) in [5, 5.41) is 8.66. The van der Waals surface area contributed by atoms with E-state index in [0.717, 1.165) is 25.0 Å². The van der Waals surface area contributed by atoms with Crippen LogP contribution in [0.25, 0.3) is 0 Å². The number of aromatic nitrogens is 1. The molecule has 0 unspecified atom stereocenters. The molecule has 17 heavy (non-hydrogen) atoms. The molecule has 1 aromatic rings. The molecule has 1 N–H and O–H groups in total. The van der Waals surface area contributed by atoms with Gasteiger partial charge in [0.2, 0.25) is 0 Å². The largest absolute Gasteiger partial charge is 0.396 e. The molecule has 4 nitrogen and oxygen atoms in total. The first kappa shape index (κ1) is 13.6. The van der Waals surface area contributed by atoms with Crippen LogP contribution < -0.4 is 0 Å². The molecule has 0 saturated heterocycles. The van der Waals surface area contributed by atoms with Crippen LogP contribution in [0, 0.1) is 6.92 Å². The molecule has 0 aliphatic heterocycles. The lowest BCUT2D eigenvalue weighted by molar-refractivity contribution is 0.0786. The number of aliphatic hydroxyl groups is 1. The molecule has 4 heteroatoms. The predicted molar refractivity (Wildman–Crippen MR) is 66.9 cm³/mol. The molecule has 0 saturated carbocycles. The van der Waals surface area contributed by atoms with Gasteiger partial charge in [0, 0.05) is 25.9 Å². The van der Waals surface area contributed by atoms with E-state index in [4.69, 9.17) is 5.11 Å². The summed E-state index contributed by atoms with van der Waals surface area (Å²) in [4.78, 5) is 17.9. The van der Waals surface area contributed by atoms with Gasteiger partial charge in [-0.3, -0.25) is 4.79 Å². The van der Waals surface area contributed by atoms with Crippen molar-refractivity contribution >= 4 is 5.91 Å². The van der Waals surface area contributed by atoms with Crippen molar-refractivity contribution in [2.75, 3.05) is 20.2 Å². The Labute approximate surface area is 102 Å². The van der Waals surface area contributed by atoms with Gasteiger partial charge in [-0.2, -0.15) is 0 Å². The lowest BCUT2D eigenvalue weighted by atomic mass is 10.2. The van der Waals surface area contributed by atoms with Gasteiger partial charge in [0.1, 0.15) is 5.69 Å². The fourth-order valence-electron chi connectivity index (χ4n) is 1.60. The first-order chi connectivity index (χ1) is 8.15. The van der Waals surface area contributed by atoms with E-state index in [1.807, 2.05) is 19.1 Å². The van der Waals surface area contributed by atoms with E-state index in [1.165, 1.54) is 0 Å². The average Bonchev–Trinajstić information content (AvgIpc) is 2.33. The third-order valence-electron chi connectivity index (χ3n) is 2.61. The van der Waals surface area contributed by atoms with E-state index < -0.39 is 0 Å². The summed E-state index contributed by atoms with van der Waals surface area (Å²) in [6.45, 7) is 2.80. The van der Waals surface area contributed by atoms with Crippen LogP contribution in [0.4, 0.5) is 0 Å². The van der Waals surface area contributed by atoms with Crippen molar-refractivity contribution in [2.45, 2.75) is 26.2 Å². The summed E-state index contributed by atoms with van der Waals surface area (Å²) in [6.07, 6.45) is 2.65. The van der Waals surface area contributed by atoms with Crippen molar-refractivity contribution in [1.82, 2.24) is 9.88 Å². The quantitative estimate of drug-likeness (QED) is 0.764. The highest BCUT2D eigenvalue weighted by molar-refractivity contribution is 5.92. The van der Waals surface area contributed by atoms with Crippen LogP contribution >= 0.6 is 0 Å². The molecular formula is C13H20N2O2. The maximum absolute atomic E-state index is 12.0. The Morgan fingerprint density at radius 3 is 2.76 bits per heavy atom. The number of unbranched alkanes of at least 4 members (excludes halogenated alkanes) is 2. The topological polar surface area (TPSA) is 53.4 Å². The molecule has 94 valence electrons. The number of nitrogens with zero attached hydrogens (tertiary/aromatic N) is 2. The molecule has 1 heterocycles. The number of rotatable bonds is 6. The summed E-state index contributed by atoms with van der Waals surface area (Å²) >= 11 is 0. The van der Waals surface area contributed by atoms with Crippen molar-refractivity contribution in [3.63, 3.8) is 0 Å². The van der Waals surface area contributed by atoms with Crippen LogP contribution in [0.1, 0.15) is 35.4 Å². The van der Waals surface area contributed by atoms with Crippen LogP contribution in [-0.2, 0) is 0 Å². The number of pyridine rings is 1. The minimum atomic E-state index is -0.0438. The summed E-state index contributed by atoms with van der Waals surface area (Å²) in [6, 6.07) is 5.45. The molecule has 0 aliphatic carbocycles. The molecule has 0 bridgehead atoms. The lowest BCUT2D eigenvalue weighted by Gasteiger charge is -2.16. The zero-order valence-corrected chi connectivity index (χ0v) is 10.5. The number of aliphatic hydroxyl groups excluding tert-OH is 1. The Balaban J connectivity index is 2.46. The van der Waals surface area contributed by atoms with Gasteiger partial charge in [0.05, 0.1) is 0 Å². The van der Waals surface area contributed by atoms with E-state index in [-0.39, 0.29) is 12.5 Å². The van der Waals surface area contributed by atoms with Crippen LogP contribution in [-0.4, -0.2) is 41.1 Å². The second-order valence-corrected chi connectivity index (χ2v) is 4.18. The van der Waals surface area contributed by atoms with Crippen LogP contribution in [0.5, 0.6) is 0 Å². The number of carbonyl (C=O) groups is 1. The SMILES string of the molecule is Cc1cccc(C(=O)N(C)CCCCCO)n1. The number of aryl methyl sites for hydroxylation is 1. The van der Waals surface area contributed by atoms with Gasteiger partial charge in [-0.05, 0) is 38.3 Å². The predicted octanol–water partition coefficient (Wildman–Crippen LogP) is 1.62. The highest BCUT2D eigenvalue weighted by Crippen LogP contribution is 2.04. The first-order valence-electron chi connectivity index (χ1n) is 5.95. The molecule has 0 aliphatic rings. The number of carbonyl (C=O) groups excluding carboxylic acids is 1. The monoisotopic (exact) mass is 236 g/mol. The van der Waals surface area contributed by atoms with Gasteiger partial charge in [-0.15, -0.1) is 0 Å². The molecule has 0 atom stereocenters. The normalized spacial score (nSPS) is 10.3. The Morgan fingerprint density at radius 2 is 2.12 bits per heavy atom. The zero-order chi connectivity index (χ0) is 12.7. The van der Waals surface area contributed by atoms with Crippen molar-refractivity contribution < 1.29 is 9.90 Å². The van der Waals surface area contributed by atoms with Crippen LogP contribution in [0.3, 0.4) is 0 Å². The van der Waals surface area contributed by atoms with Gasteiger partial charge in [-0.1, -0.05) is 6.07 Å². The second kappa shape index (κ2) is 7.01. The maximum atomic E-state index is 12.0. The van der Waals surface area contributed by atoms with E-state index in [9.17, 15) is 4.79 Å². The summed E-state index contributed by atoms with van der Waals surface area (Å²) < 4.78 is 0. The molecule has 0 aromatic carbocycles. The fraction of sp³-hybridized carbons (Fsp3) is 0.538. The van der Waals surface area contributed by atoms with Gasteiger partial charge in [-0.25, -0.2) is 4.98 Å². The Bertz CT molecular complexity index is 366. The molecule has 0 spiro atoms. The minimum absolute atomic E-state index is 0.0438. The maximum Gasteiger partial charge on any atom is 0.272 e. The summed E-state index contributed by atoms with van der Waals surface area (Å²) in [5.74, 6) is -0.0438. The van der Waals surface area contributed by atoms with Crippen LogP contribution in [0.2, 0.25) is 0 Å². The average molecular weight is 236 g/mol. The molecule has 1 aromatic heterocycles. The number of hydrogen-bond donors (Lipinski definition) is 1. The lowest BCUT2D eigenvalue weighted by Crippen LogP contribution is -2.28. The summed E-state index contributed by atoms with van der Waals surface area (Å²) in [7, 11) is 1.78. The Kier molecular flexibility index (Phi) is 5.63. The van der Waals surface area contributed by atoms with Crippen molar-refractivity contribution in [2.24, 2.45) is 0 Å². The Hall–Kier alpha value is -1.42. The molecule has 0 radical (unpaired) electrons. The van der Waals surface area contributed by atoms with Crippen molar-refractivity contribution in [3.8, 4) is 0 Å². The van der Waals surface area contributed by atoms with Gasteiger partial charge in [0.25, 0.3) is 5.91 Å². The minimum Gasteiger partial charge on any atom is -0.396 e. The van der Waals surface area contributed by atoms with Crippen molar-refractivity contribution in [3.05, 3.63) is 29.6 Å². The van der Waals surface area contributed by atoms with E-state index >= 15 is 0 Å². The van der Waals surface area contributed by atoms with Crippen LogP contribution in [0.15, 0.2) is 18.2 Å². The molecule has 1 rings (SSSR count). The number of amides is 1. The fourth-order valence-corrected chi connectivity index (χ4v) is 1.60. The Morgan fingerprint density at radius 1 is 1.35 bits per heavy atom. The third kappa shape index (κ3) is 4.53. The highest BCUT2D eigenvalue weighted by atomic mass is 16.2. The van der Waals surface area contributed by atoms with E-state index in [0.29, 0.717) is 12.2 Å².